The van der Waals surface area contributed by atoms with Crippen molar-refractivity contribution in [2.45, 2.75) is 106 Å². The Morgan fingerprint density at radius 3 is 1.60 bits per heavy atom. The molecule has 0 bridgehead atoms. The van der Waals surface area contributed by atoms with Crippen molar-refractivity contribution in [1.82, 2.24) is 9.97 Å². The quantitative estimate of drug-likeness (QED) is 0.133. The van der Waals surface area contributed by atoms with Crippen molar-refractivity contribution in [3.63, 3.8) is 0 Å². The number of carbonyl (C=O) groups is 1. The van der Waals surface area contributed by atoms with E-state index < -0.39 is 21.8 Å². The van der Waals surface area contributed by atoms with E-state index in [1.807, 2.05) is 0 Å². The lowest BCUT2D eigenvalue weighted by molar-refractivity contribution is 0.0910. The number of hydrogen-bond acceptors (Lipinski definition) is 6. The highest BCUT2D eigenvalue weighted by atomic mass is 35.6. The summed E-state index contributed by atoms with van der Waals surface area (Å²) in [6.45, 7) is 21.2. The van der Waals surface area contributed by atoms with Crippen LogP contribution in [0.2, 0.25) is 56.6 Å². The van der Waals surface area contributed by atoms with E-state index in [0.717, 1.165) is 0 Å². The van der Waals surface area contributed by atoms with E-state index >= 15 is 0 Å². The van der Waals surface area contributed by atoms with Gasteiger partial charge in [-0.15, -0.1) is 0 Å². The lowest BCUT2D eigenvalue weighted by Crippen LogP contribution is -2.42. The molecule has 0 saturated carbocycles. The molecule has 2 aromatic rings. The number of ketones is 1. The van der Waals surface area contributed by atoms with E-state index in [0.29, 0.717) is 16.2 Å². The summed E-state index contributed by atoms with van der Waals surface area (Å²) in [6.07, 6.45) is 1.84. The first-order valence-corrected chi connectivity index (χ1v) is 20.6. The number of aliphatic hydroxyl groups excluding tert-OH is 2. The van der Waals surface area contributed by atoms with Crippen LogP contribution in [0.5, 0.6) is 0 Å². The zero-order valence-corrected chi connectivity index (χ0v) is 30.1. The third-order valence-corrected chi connectivity index (χ3v) is 17.8. The maximum Gasteiger partial charge on any atom is 0.192 e. The Labute approximate surface area is 282 Å². The number of Topliss-reactive ketones (excluding diaryl/α,β-unsaturated/α-hetero) is 1. The van der Waals surface area contributed by atoms with Gasteiger partial charge in [-0.25, -0.2) is 9.97 Å². The summed E-state index contributed by atoms with van der Waals surface area (Å²) in [5.74, 6) is -0.129. The number of aliphatic hydroxyl groups is 2. The molecular weight excluding hydrogens is 674 g/mol. The highest BCUT2D eigenvalue weighted by Gasteiger charge is 2.37. The lowest BCUT2D eigenvalue weighted by Gasteiger charge is -2.35. The summed E-state index contributed by atoms with van der Waals surface area (Å²) in [5.41, 5.74) is 0.875. The van der Waals surface area contributed by atoms with Crippen LogP contribution in [0.1, 0.15) is 85.8 Å². The third kappa shape index (κ3) is 16.7. The van der Waals surface area contributed by atoms with Gasteiger partial charge >= 0.3 is 0 Å². The number of pyridine rings is 2. The summed E-state index contributed by atoms with van der Waals surface area (Å²) in [5, 5.41) is 19.1. The van der Waals surface area contributed by atoms with Crippen molar-refractivity contribution in [1.29, 1.82) is 0 Å². The number of halogens is 5. The van der Waals surface area contributed by atoms with Crippen LogP contribution in [0.15, 0.2) is 24.5 Å². The monoisotopic (exact) mass is 724 g/mol. The molecule has 2 rings (SSSR count). The molecule has 0 aliphatic carbocycles. The number of rotatable bonds is 6. The SMILES string of the molecule is C.C.C.CC(C)(C)[Si](C)(C)Cl.CC(C)(C)[Si](C)(C)OCC(=O)c1cnc(Cl)c(Cl)c1.OC[C@@H](O)c1cnc(Cl)c(Cl)c1. The van der Waals surface area contributed by atoms with Gasteiger partial charge in [-0.05, 0) is 35.3 Å². The van der Waals surface area contributed by atoms with E-state index in [1.165, 1.54) is 24.5 Å². The standard InChI is InChI=1S/C13H19Cl2NO2Si.C7H7Cl2NO2.C6H15ClSi.3CH4/c1-13(2,3)19(4,5)18-8-11(17)9-6-10(14)12(15)16-7-9;8-5-1-4(6(12)3-11)2-10-7(5)9;1-6(2,3)8(4,5)7;;;/h6-7H,8H2,1-5H3;1-2,6,11-12H,3H2;1-5H3;3*1H4/t;6-;;;;/m.1..../s1. The molecule has 0 fully saturated rings. The Morgan fingerprint density at radius 1 is 0.857 bits per heavy atom. The normalized spacial score (nSPS) is 12.1. The number of nitrogens with zero attached hydrogens (tertiary/aromatic N) is 2. The molecule has 13 heteroatoms. The predicted molar refractivity (Wildman–Crippen MR) is 191 cm³/mol. The molecule has 6 nitrogen and oxygen atoms in total. The third-order valence-electron chi connectivity index (χ3n) is 6.65. The first-order chi connectivity index (χ1) is 17.4. The molecule has 0 amide bonds. The fourth-order valence-electron chi connectivity index (χ4n) is 1.84. The van der Waals surface area contributed by atoms with Crippen molar-refractivity contribution in [3.8, 4) is 0 Å². The Bertz CT molecular complexity index is 1080. The largest absolute Gasteiger partial charge is 0.409 e. The van der Waals surface area contributed by atoms with Gasteiger partial charge in [0.15, 0.2) is 21.5 Å². The zero-order chi connectivity index (χ0) is 31.0. The van der Waals surface area contributed by atoms with Gasteiger partial charge in [-0.3, -0.25) is 4.79 Å². The first kappa shape index (κ1) is 48.6. The molecule has 0 aromatic carbocycles. The number of carbonyl (C=O) groups excluding carboxylic acids is 1. The zero-order valence-electron chi connectivity index (χ0n) is 24.3. The maximum absolute atomic E-state index is 12.0. The van der Waals surface area contributed by atoms with Crippen LogP contribution >= 0.6 is 57.5 Å². The molecule has 1 atom stereocenters. The summed E-state index contributed by atoms with van der Waals surface area (Å²) >= 11 is 28.9. The minimum atomic E-state index is -1.93. The minimum absolute atomic E-state index is 0. The average molecular weight is 727 g/mol. The molecule has 0 radical (unpaired) electrons. The van der Waals surface area contributed by atoms with Gasteiger partial charge in [0.25, 0.3) is 0 Å². The molecule has 0 aliphatic heterocycles. The van der Waals surface area contributed by atoms with Crippen LogP contribution in [-0.4, -0.2) is 54.9 Å². The highest BCUT2D eigenvalue weighted by molar-refractivity contribution is 7.20. The Balaban J connectivity index is -0.000000272. The van der Waals surface area contributed by atoms with E-state index in [1.54, 1.807) is 0 Å². The molecule has 0 aliphatic rings. The Kier molecular flexibility index (Phi) is 23.1. The second-order valence-electron chi connectivity index (χ2n) is 11.9. The average Bonchev–Trinajstić information content (AvgIpc) is 2.79. The Hall–Kier alpha value is -0.266. The molecular formula is C29H53Cl5N2O4Si2. The van der Waals surface area contributed by atoms with Gasteiger partial charge in [0.2, 0.25) is 0 Å². The number of hydrogen-bond donors (Lipinski definition) is 2. The summed E-state index contributed by atoms with van der Waals surface area (Å²) < 4.78 is 5.87. The van der Waals surface area contributed by atoms with Gasteiger partial charge in [0, 0.05) is 23.5 Å². The van der Waals surface area contributed by atoms with Crippen LogP contribution < -0.4 is 0 Å². The molecule has 0 spiro atoms. The van der Waals surface area contributed by atoms with Gasteiger partial charge in [-0.2, -0.15) is 11.1 Å². The van der Waals surface area contributed by atoms with Crippen molar-refractivity contribution in [3.05, 3.63) is 56.0 Å². The molecule has 2 heterocycles. The van der Waals surface area contributed by atoms with E-state index in [-0.39, 0.29) is 66.7 Å². The minimum Gasteiger partial charge on any atom is -0.409 e. The smallest absolute Gasteiger partial charge is 0.192 e. The topological polar surface area (TPSA) is 92.5 Å². The van der Waals surface area contributed by atoms with Crippen LogP contribution in [0, 0.1) is 0 Å². The number of aromatic nitrogens is 2. The van der Waals surface area contributed by atoms with Gasteiger partial charge in [0.1, 0.15) is 16.4 Å². The highest BCUT2D eigenvalue weighted by Crippen LogP contribution is 2.38. The second-order valence-corrected chi connectivity index (χ2v) is 25.6. The molecule has 2 N–H and O–H groups in total. The van der Waals surface area contributed by atoms with Crippen molar-refractivity contribution in [2.24, 2.45) is 0 Å². The second kappa shape index (κ2) is 20.0. The van der Waals surface area contributed by atoms with Crippen LogP contribution in [-0.2, 0) is 4.43 Å². The van der Waals surface area contributed by atoms with Gasteiger partial charge in [-0.1, -0.05) is 123 Å². The summed E-state index contributed by atoms with van der Waals surface area (Å²) in [6, 6.07) is 2.99. The maximum atomic E-state index is 12.0. The molecule has 42 heavy (non-hydrogen) atoms. The van der Waals surface area contributed by atoms with E-state index in [4.69, 9.17) is 72.1 Å². The Morgan fingerprint density at radius 2 is 1.26 bits per heavy atom. The molecule has 0 unspecified atom stereocenters. The van der Waals surface area contributed by atoms with Crippen molar-refractivity contribution < 1.29 is 19.4 Å². The van der Waals surface area contributed by atoms with Crippen molar-refractivity contribution in [2.75, 3.05) is 13.2 Å². The van der Waals surface area contributed by atoms with Crippen LogP contribution in [0.3, 0.4) is 0 Å². The lowest BCUT2D eigenvalue weighted by atomic mass is 10.2. The van der Waals surface area contributed by atoms with Crippen LogP contribution in [0.4, 0.5) is 0 Å². The fourth-order valence-corrected chi connectivity index (χ4v) is 3.32. The van der Waals surface area contributed by atoms with E-state index in [2.05, 4.69) is 77.7 Å². The summed E-state index contributed by atoms with van der Waals surface area (Å²) in [7, 11) is -3.31. The molecule has 2 aromatic heterocycles. The predicted octanol–water partition coefficient (Wildman–Crippen LogP) is 11.1. The fraction of sp³-hybridized carbons (Fsp3) is 0.621. The van der Waals surface area contributed by atoms with Gasteiger partial charge in [0.05, 0.1) is 23.3 Å². The molecule has 246 valence electrons. The van der Waals surface area contributed by atoms with Gasteiger partial charge < -0.3 is 14.6 Å². The van der Waals surface area contributed by atoms with Crippen molar-refractivity contribution >= 4 is 79.0 Å². The van der Waals surface area contributed by atoms with Crippen LogP contribution in [0.25, 0.3) is 0 Å². The summed E-state index contributed by atoms with van der Waals surface area (Å²) in [4.78, 5) is 19.6. The first-order valence-electron chi connectivity index (χ1n) is 12.2. The van der Waals surface area contributed by atoms with E-state index in [9.17, 15) is 4.79 Å². The molecule has 0 saturated heterocycles.